The van der Waals surface area contributed by atoms with Gasteiger partial charge in [0.1, 0.15) is 57.1 Å². The molecule has 26 heteroatoms. The molecule has 0 aliphatic heterocycles. The van der Waals surface area contributed by atoms with Crippen LogP contribution in [-0.4, -0.2) is 67.7 Å². The van der Waals surface area contributed by atoms with Crippen LogP contribution in [0.3, 0.4) is 0 Å². The average Bonchev–Trinajstić information content (AvgIpc) is 3.30. The molecule has 0 unspecified atom stereocenters. The lowest BCUT2D eigenvalue weighted by atomic mass is 10.1. The van der Waals surface area contributed by atoms with Gasteiger partial charge in [0.2, 0.25) is 0 Å². The Labute approximate surface area is 405 Å². The number of aryl methyl sites for hydroxylation is 2. The van der Waals surface area contributed by atoms with Gasteiger partial charge in [-0.3, -0.25) is 19.4 Å². The van der Waals surface area contributed by atoms with Gasteiger partial charge < -0.3 is 49.5 Å². The van der Waals surface area contributed by atoms with E-state index >= 15 is 0 Å². The third-order valence-electron chi connectivity index (χ3n) is 9.09. The number of benzene rings is 4. The lowest BCUT2D eigenvalue weighted by Crippen LogP contribution is -2.18. The first-order valence-corrected chi connectivity index (χ1v) is 20.2. The van der Waals surface area contributed by atoms with Crippen molar-refractivity contribution >= 4 is 58.3 Å². The molecule has 0 spiro atoms. The highest BCUT2D eigenvalue weighted by molar-refractivity contribution is 6.35. The summed E-state index contributed by atoms with van der Waals surface area (Å²) < 4.78 is 137. The number of carbonyl (C=O) groups excluding carboxylic acids is 4. The molecule has 4 N–H and O–H groups in total. The van der Waals surface area contributed by atoms with Gasteiger partial charge in [-0.05, 0) is 85.6 Å². The molecule has 0 bridgehead atoms. The third-order valence-corrected chi connectivity index (χ3v) is 9.83. The fraction of sp³-hybridized carbons (Fsp3) is 0.156. The molecule has 2 heterocycles. The Balaban J connectivity index is 0.000000264. The van der Waals surface area contributed by atoms with Crippen molar-refractivity contribution in [1.29, 1.82) is 0 Å². The monoisotopic (exact) mass is 1040 g/mol. The second kappa shape index (κ2) is 22.5. The Kier molecular flexibility index (Phi) is 17.1. The Morgan fingerprint density at radius 2 is 0.944 bits per heavy atom. The number of hydrogen-bond donors (Lipinski definition) is 3. The van der Waals surface area contributed by atoms with Crippen LogP contribution in [0, 0.1) is 25.5 Å². The van der Waals surface area contributed by atoms with Gasteiger partial charge in [0, 0.05) is 35.9 Å². The smallest absolute Gasteiger partial charge is 0.493 e. The molecule has 3 amide bonds. The molecule has 71 heavy (non-hydrogen) atoms. The van der Waals surface area contributed by atoms with E-state index in [4.69, 9.17) is 47.9 Å². The maximum absolute atomic E-state index is 14.3. The first kappa shape index (κ1) is 53.8. The predicted octanol–water partition coefficient (Wildman–Crippen LogP) is 11.2. The summed E-state index contributed by atoms with van der Waals surface area (Å²) in [5.74, 6) is -7.46. The highest BCUT2D eigenvalue weighted by Crippen LogP contribution is 2.41. The van der Waals surface area contributed by atoms with Gasteiger partial charge in [-0.25, -0.2) is 18.6 Å². The molecular weight excluding hydrogens is 1010 g/mol. The van der Waals surface area contributed by atoms with Gasteiger partial charge in [0.25, 0.3) is 17.7 Å². The topological polar surface area (TPSA) is 209 Å². The highest BCUT2D eigenvalue weighted by Gasteiger charge is 2.33. The molecule has 374 valence electrons. The van der Waals surface area contributed by atoms with E-state index in [1.807, 2.05) is 0 Å². The van der Waals surface area contributed by atoms with Crippen molar-refractivity contribution in [2.45, 2.75) is 26.6 Å². The molecule has 16 nitrogen and oxygen atoms in total. The SMILES string of the molecule is COC(=O)c1cc(NC(=O)c2c(Oc3ccc(OC(F)(F)F)cc3OC)ccc(F)c2Cl)c(C)cn1.COc1cc(OC(F)(F)F)ccc1Oc1ccc(F)c(Cl)c1C(=O)Nc1cc(C(N)=O)ncc1C. The molecule has 4 aromatic carbocycles. The summed E-state index contributed by atoms with van der Waals surface area (Å²) in [6, 6.07) is 12.5. The van der Waals surface area contributed by atoms with Gasteiger partial charge in [-0.15, -0.1) is 26.3 Å². The summed E-state index contributed by atoms with van der Waals surface area (Å²) in [6.45, 7) is 3.19. The zero-order valence-electron chi connectivity index (χ0n) is 36.8. The number of alkyl halides is 6. The zero-order chi connectivity index (χ0) is 52.5. The van der Waals surface area contributed by atoms with Gasteiger partial charge in [0.05, 0.1) is 31.4 Å². The number of esters is 1. The highest BCUT2D eigenvalue weighted by atomic mass is 35.5. The fourth-order valence-electron chi connectivity index (χ4n) is 5.79. The van der Waals surface area contributed by atoms with Crippen molar-refractivity contribution in [2.24, 2.45) is 5.73 Å². The van der Waals surface area contributed by atoms with E-state index in [0.717, 1.165) is 67.8 Å². The Morgan fingerprint density at radius 3 is 1.31 bits per heavy atom. The minimum absolute atomic E-state index is 0.0916. The second-order valence-corrected chi connectivity index (χ2v) is 14.7. The van der Waals surface area contributed by atoms with Crippen LogP contribution < -0.4 is 44.8 Å². The number of pyridine rings is 2. The molecule has 0 aliphatic carbocycles. The summed E-state index contributed by atoms with van der Waals surface area (Å²) in [4.78, 5) is 57.1. The van der Waals surface area contributed by atoms with Crippen molar-refractivity contribution in [2.75, 3.05) is 32.0 Å². The van der Waals surface area contributed by atoms with Gasteiger partial charge in [-0.1, -0.05) is 23.2 Å². The summed E-state index contributed by atoms with van der Waals surface area (Å²) in [5, 5.41) is 3.83. The van der Waals surface area contributed by atoms with E-state index in [2.05, 4.69) is 34.8 Å². The Hall–Kier alpha value is -8.12. The molecule has 0 saturated heterocycles. The quantitative estimate of drug-likeness (QED) is 0.0686. The number of rotatable bonds is 14. The molecular formula is C45H33Cl2F8N5O11. The molecule has 0 saturated carbocycles. The van der Waals surface area contributed by atoms with Gasteiger partial charge >= 0.3 is 18.7 Å². The van der Waals surface area contributed by atoms with Crippen molar-refractivity contribution in [3.63, 3.8) is 0 Å². The molecule has 0 fully saturated rings. The lowest BCUT2D eigenvalue weighted by molar-refractivity contribution is -0.275. The van der Waals surface area contributed by atoms with Crippen LogP contribution in [0.4, 0.5) is 46.5 Å². The zero-order valence-corrected chi connectivity index (χ0v) is 38.3. The first-order chi connectivity index (χ1) is 33.3. The van der Waals surface area contributed by atoms with E-state index in [-0.39, 0.29) is 57.3 Å². The summed E-state index contributed by atoms with van der Waals surface area (Å²) in [6.07, 6.45) is -7.23. The first-order valence-electron chi connectivity index (χ1n) is 19.5. The molecule has 6 aromatic rings. The molecule has 2 aromatic heterocycles. The van der Waals surface area contributed by atoms with E-state index < -0.39 is 80.7 Å². The molecule has 6 rings (SSSR count). The van der Waals surface area contributed by atoms with E-state index in [9.17, 15) is 54.3 Å². The number of hydrogen-bond acceptors (Lipinski definition) is 13. The standard InChI is InChI=1S/C23H17ClF4N2O6.C22H16ClF4N3O5/c1-11-10-29-15(22(32)34-3)9-14(11)30-21(31)19-17(7-5-13(25)20(19)24)35-16-6-4-12(8-18(16)33-2)36-23(26,27)28;1-10-9-29-14(20(28)31)8-13(10)30-21(32)18-16(6-4-12(24)19(18)23)34-15-5-3-11(7-17(15)33-2)35-22(25,26)27/h4-10H,1-3H3,(H,29,30,31);3-9H,1-2H3,(H2,28,31)(H,29,30,32). The maximum atomic E-state index is 14.3. The van der Waals surface area contributed by atoms with Crippen molar-refractivity contribution in [1.82, 2.24) is 9.97 Å². The number of carbonyl (C=O) groups is 4. The van der Waals surface area contributed by atoms with Crippen LogP contribution >= 0.6 is 23.2 Å². The molecule has 0 aliphatic rings. The predicted molar refractivity (Wildman–Crippen MR) is 236 cm³/mol. The fourth-order valence-corrected chi connectivity index (χ4v) is 6.28. The number of aromatic nitrogens is 2. The van der Waals surface area contributed by atoms with Crippen LogP contribution in [0.15, 0.2) is 85.2 Å². The van der Waals surface area contributed by atoms with Crippen molar-refractivity contribution in [3.8, 4) is 46.0 Å². The van der Waals surface area contributed by atoms with Crippen LogP contribution in [0.2, 0.25) is 10.0 Å². The van der Waals surface area contributed by atoms with E-state index in [1.54, 1.807) is 13.8 Å². The van der Waals surface area contributed by atoms with Gasteiger partial charge in [0.15, 0.2) is 23.0 Å². The summed E-state index contributed by atoms with van der Waals surface area (Å²) in [7, 11) is 3.51. The van der Waals surface area contributed by atoms with Crippen LogP contribution in [0.1, 0.15) is 52.8 Å². The number of nitrogens with one attached hydrogen (secondary N) is 2. The van der Waals surface area contributed by atoms with Crippen molar-refractivity contribution in [3.05, 3.63) is 141 Å². The Bertz CT molecular complexity index is 3020. The number of methoxy groups -OCH3 is 3. The van der Waals surface area contributed by atoms with Gasteiger partial charge in [-0.2, -0.15) is 0 Å². The number of nitrogens with two attached hydrogens (primary N) is 1. The van der Waals surface area contributed by atoms with Crippen LogP contribution in [-0.2, 0) is 4.74 Å². The number of ether oxygens (including phenoxy) is 7. The van der Waals surface area contributed by atoms with E-state index in [0.29, 0.717) is 11.1 Å². The van der Waals surface area contributed by atoms with E-state index in [1.165, 1.54) is 38.7 Å². The average molecular weight is 1040 g/mol. The summed E-state index contributed by atoms with van der Waals surface area (Å²) >= 11 is 12.1. The van der Waals surface area contributed by atoms with Crippen LogP contribution in [0.5, 0.6) is 46.0 Å². The third kappa shape index (κ3) is 14.0. The summed E-state index contributed by atoms with van der Waals surface area (Å²) in [5.41, 5.74) is 5.37. The number of anilines is 2. The minimum Gasteiger partial charge on any atom is -0.493 e. The number of amides is 3. The Morgan fingerprint density at radius 1 is 0.563 bits per heavy atom. The lowest BCUT2D eigenvalue weighted by Gasteiger charge is -2.17. The molecule has 0 radical (unpaired) electrons. The number of halogens is 10. The minimum atomic E-state index is -4.93. The number of nitrogens with zero attached hydrogens (tertiary/aromatic N) is 2. The normalized spacial score (nSPS) is 11.0. The molecule has 0 atom stereocenters. The number of primary amides is 1. The van der Waals surface area contributed by atoms with Crippen molar-refractivity contribution < 1.29 is 87.5 Å². The largest absolute Gasteiger partial charge is 0.573 e. The van der Waals surface area contributed by atoms with Crippen LogP contribution in [0.25, 0.3) is 0 Å². The maximum Gasteiger partial charge on any atom is 0.573 e. The second-order valence-electron chi connectivity index (χ2n) is 13.9.